The van der Waals surface area contributed by atoms with Crippen LogP contribution in [0.4, 0.5) is 11.6 Å². The molecule has 0 atom stereocenters. The monoisotopic (exact) mass is 284 g/mol. The second kappa shape index (κ2) is 8.22. The molecule has 0 aliphatic rings. The van der Waals surface area contributed by atoms with E-state index in [0.717, 1.165) is 36.3 Å². The van der Waals surface area contributed by atoms with Crippen molar-refractivity contribution in [1.29, 1.82) is 0 Å². The molecular weight excluding hydrogens is 260 g/mol. The van der Waals surface area contributed by atoms with Gasteiger partial charge in [-0.15, -0.1) is 0 Å². The molecule has 0 saturated carbocycles. The summed E-state index contributed by atoms with van der Waals surface area (Å²) < 4.78 is 0. The lowest BCUT2D eigenvalue weighted by molar-refractivity contribution is 0.288. The Kier molecular flexibility index (Phi) is 6.94. The molecule has 0 aliphatic carbocycles. The summed E-state index contributed by atoms with van der Waals surface area (Å²) in [6, 6.07) is 2.31. The molecule has 2 N–H and O–H groups in total. The molecule has 1 heterocycles. The van der Waals surface area contributed by atoms with Gasteiger partial charge in [0.05, 0.1) is 0 Å². The molecule has 6 heteroatoms. The van der Waals surface area contributed by atoms with E-state index in [0.29, 0.717) is 6.04 Å². The number of aliphatic hydroxyl groups excluding tert-OH is 1. The van der Waals surface area contributed by atoms with Crippen LogP contribution in [0.1, 0.15) is 27.2 Å². The smallest absolute Gasteiger partial charge is 0.191 e. The lowest BCUT2D eigenvalue weighted by atomic mass is 10.3. The van der Waals surface area contributed by atoms with Gasteiger partial charge in [-0.25, -0.2) is 9.97 Å². The van der Waals surface area contributed by atoms with Crippen LogP contribution in [-0.2, 0) is 0 Å². The van der Waals surface area contributed by atoms with Gasteiger partial charge >= 0.3 is 0 Å². The Morgan fingerprint density at radius 3 is 2.68 bits per heavy atom. The molecule has 1 aromatic rings. The van der Waals surface area contributed by atoms with Crippen LogP contribution in [-0.4, -0.2) is 47.1 Å². The maximum atomic E-state index is 9.01. The molecule has 0 amide bonds. The van der Waals surface area contributed by atoms with Crippen molar-refractivity contribution >= 4 is 23.4 Å². The van der Waals surface area contributed by atoms with E-state index in [4.69, 9.17) is 5.11 Å². The zero-order chi connectivity index (χ0) is 14.3. The maximum absolute atomic E-state index is 9.01. The zero-order valence-electron chi connectivity index (χ0n) is 12.2. The van der Waals surface area contributed by atoms with Gasteiger partial charge in [-0.05, 0) is 33.4 Å². The molecule has 0 spiro atoms. The van der Waals surface area contributed by atoms with Crippen LogP contribution in [0.25, 0.3) is 0 Å². The van der Waals surface area contributed by atoms with E-state index in [1.165, 1.54) is 11.8 Å². The van der Waals surface area contributed by atoms with Crippen LogP contribution in [0, 0.1) is 0 Å². The van der Waals surface area contributed by atoms with Crippen LogP contribution < -0.4 is 10.2 Å². The Morgan fingerprint density at radius 1 is 1.42 bits per heavy atom. The van der Waals surface area contributed by atoms with Gasteiger partial charge < -0.3 is 15.3 Å². The van der Waals surface area contributed by atoms with Crippen LogP contribution in [0.3, 0.4) is 0 Å². The Morgan fingerprint density at radius 2 is 2.16 bits per heavy atom. The highest BCUT2D eigenvalue weighted by molar-refractivity contribution is 7.98. The second-order valence-corrected chi connectivity index (χ2v) is 5.27. The number of thioether (sulfide) groups is 1. The van der Waals surface area contributed by atoms with Crippen molar-refractivity contribution in [2.24, 2.45) is 0 Å². The lowest BCUT2D eigenvalue weighted by Gasteiger charge is -2.28. The number of hydrogen-bond acceptors (Lipinski definition) is 6. The third kappa shape index (κ3) is 4.87. The molecule has 1 rings (SSSR count). The fourth-order valence-corrected chi connectivity index (χ4v) is 2.18. The number of aliphatic hydroxyl groups is 1. The van der Waals surface area contributed by atoms with Gasteiger partial charge in [0.25, 0.3) is 0 Å². The molecule has 108 valence electrons. The van der Waals surface area contributed by atoms with E-state index in [1.807, 2.05) is 19.2 Å². The molecule has 0 saturated heterocycles. The van der Waals surface area contributed by atoms with Crippen molar-refractivity contribution in [2.75, 3.05) is 36.2 Å². The van der Waals surface area contributed by atoms with Gasteiger partial charge in [0.15, 0.2) is 5.16 Å². The molecule has 19 heavy (non-hydrogen) atoms. The first kappa shape index (κ1) is 16.0. The van der Waals surface area contributed by atoms with Gasteiger partial charge in [0.1, 0.15) is 11.6 Å². The number of nitrogens with zero attached hydrogens (tertiary/aromatic N) is 3. The van der Waals surface area contributed by atoms with E-state index in [9.17, 15) is 0 Å². The third-order valence-electron chi connectivity index (χ3n) is 2.71. The fourth-order valence-electron chi connectivity index (χ4n) is 1.80. The number of aromatic nitrogens is 2. The molecule has 0 aliphatic heterocycles. The Bertz CT molecular complexity index is 387. The topological polar surface area (TPSA) is 61.3 Å². The van der Waals surface area contributed by atoms with Crippen LogP contribution in [0.5, 0.6) is 0 Å². The van der Waals surface area contributed by atoms with E-state index in [2.05, 4.69) is 34.0 Å². The van der Waals surface area contributed by atoms with Crippen molar-refractivity contribution in [3.63, 3.8) is 0 Å². The molecule has 0 aromatic carbocycles. The highest BCUT2D eigenvalue weighted by Crippen LogP contribution is 2.22. The normalized spacial score (nSPS) is 10.8. The summed E-state index contributed by atoms with van der Waals surface area (Å²) in [5, 5.41) is 13.0. The number of nitrogens with one attached hydrogen (secondary N) is 1. The molecule has 0 unspecified atom stereocenters. The Labute approximate surface area is 119 Å². The predicted molar refractivity (Wildman–Crippen MR) is 82.2 cm³/mol. The Balaban J connectivity index is 3.02. The first-order valence-corrected chi connectivity index (χ1v) is 7.89. The molecule has 1 aromatic heterocycles. The highest BCUT2D eigenvalue weighted by Gasteiger charge is 2.14. The van der Waals surface area contributed by atoms with E-state index in [-0.39, 0.29) is 6.61 Å². The van der Waals surface area contributed by atoms with Crippen molar-refractivity contribution in [3.05, 3.63) is 6.07 Å². The minimum atomic E-state index is 0.198. The SMILES string of the molecule is CCNc1cc(N(CCCO)C(C)C)nc(SC)n1. The average Bonchev–Trinajstić information content (AvgIpc) is 2.39. The fraction of sp³-hybridized carbons (Fsp3) is 0.692. The molecule has 5 nitrogen and oxygen atoms in total. The zero-order valence-corrected chi connectivity index (χ0v) is 13.0. The summed E-state index contributed by atoms with van der Waals surface area (Å²) in [7, 11) is 0. The van der Waals surface area contributed by atoms with Gasteiger partial charge in [-0.1, -0.05) is 11.8 Å². The third-order valence-corrected chi connectivity index (χ3v) is 3.26. The van der Waals surface area contributed by atoms with Gasteiger partial charge in [-0.3, -0.25) is 0 Å². The van der Waals surface area contributed by atoms with Gasteiger partial charge in [0, 0.05) is 31.8 Å². The molecular formula is C13H24N4OS. The summed E-state index contributed by atoms with van der Waals surface area (Å²) in [6.07, 6.45) is 2.72. The quantitative estimate of drug-likeness (QED) is 0.564. The minimum absolute atomic E-state index is 0.198. The maximum Gasteiger partial charge on any atom is 0.191 e. The van der Waals surface area contributed by atoms with E-state index >= 15 is 0 Å². The van der Waals surface area contributed by atoms with Crippen LogP contribution in [0.2, 0.25) is 0 Å². The molecule has 0 fully saturated rings. The van der Waals surface area contributed by atoms with Crippen molar-refractivity contribution in [2.45, 2.75) is 38.4 Å². The highest BCUT2D eigenvalue weighted by atomic mass is 32.2. The number of anilines is 2. The van der Waals surface area contributed by atoms with Crippen molar-refractivity contribution in [3.8, 4) is 0 Å². The summed E-state index contributed by atoms with van der Waals surface area (Å²) in [4.78, 5) is 11.2. The van der Waals surface area contributed by atoms with E-state index in [1.54, 1.807) is 0 Å². The Hall–Kier alpha value is -1.01. The second-order valence-electron chi connectivity index (χ2n) is 4.49. The number of rotatable bonds is 8. The standard InChI is InChI=1S/C13H24N4OS/c1-5-14-11-9-12(16-13(15-11)19-4)17(10(2)3)7-6-8-18/h9-10,18H,5-8H2,1-4H3,(H,14,15,16). The van der Waals surface area contributed by atoms with Crippen LogP contribution >= 0.6 is 11.8 Å². The summed E-state index contributed by atoms with van der Waals surface area (Å²) in [5.74, 6) is 1.77. The predicted octanol–water partition coefficient (Wildman–Crippen LogP) is 2.23. The molecule has 0 bridgehead atoms. The summed E-state index contributed by atoms with van der Waals surface area (Å²) in [6.45, 7) is 8.14. The van der Waals surface area contributed by atoms with Crippen molar-refractivity contribution in [1.82, 2.24) is 9.97 Å². The van der Waals surface area contributed by atoms with Crippen molar-refractivity contribution < 1.29 is 5.11 Å². The first-order valence-electron chi connectivity index (χ1n) is 6.66. The average molecular weight is 284 g/mol. The van der Waals surface area contributed by atoms with Crippen LogP contribution in [0.15, 0.2) is 11.2 Å². The first-order chi connectivity index (χ1) is 9.12. The largest absolute Gasteiger partial charge is 0.396 e. The summed E-state index contributed by atoms with van der Waals surface area (Å²) >= 11 is 1.54. The van der Waals surface area contributed by atoms with E-state index < -0.39 is 0 Å². The summed E-state index contributed by atoms with van der Waals surface area (Å²) in [5.41, 5.74) is 0. The number of hydrogen-bond donors (Lipinski definition) is 2. The van der Waals surface area contributed by atoms with Gasteiger partial charge in [0.2, 0.25) is 0 Å². The van der Waals surface area contributed by atoms with Gasteiger partial charge in [-0.2, -0.15) is 0 Å². The lowest BCUT2D eigenvalue weighted by Crippen LogP contribution is -2.33. The molecule has 0 radical (unpaired) electrons. The minimum Gasteiger partial charge on any atom is -0.396 e.